The Balaban J connectivity index is 1.84. The number of esters is 1. The van der Waals surface area contributed by atoms with E-state index in [4.69, 9.17) is 14.3 Å². The van der Waals surface area contributed by atoms with E-state index in [9.17, 15) is 9.59 Å². The van der Waals surface area contributed by atoms with E-state index in [1.807, 2.05) is 91.0 Å². The molecular weight excluding hydrogens is 492 g/mol. The molecule has 0 saturated carbocycles. The Labute approximate surface area is 217 Å². The second kappa shape index (κ2) is 11.9. The molecule has 1 aromatic heterocycles. The number of amides is 1. The third-order valence-electron chi connectivity index (χ3n) is 5.32. The molecule has 9 nitrogen and oxygen atoms in total. The number of carbonyl (C=O) groups is 2. The molecule has 0 unspecified atom stereocenters. The highest BCUT2D eigenvalue weighted by molar-refractivity contribution is 7.10. The lowest BCUT2D eigenvalue weighted by Crippen LogP contribution is -2.32. The third-order valence-corrected chi connectivity index (χ3v) is 5.95. The van der Waals surface area contributed by atoms with Gasteiger partial charge in [0.2, 0.25) is 22.3 Å². The van der Waals surface area contributed by atoms with E-state index in [0.717, 1.165) is 28.2 Å². The Morgan fingerprint density at radius 3 is 1.86 bits per heavy atom. The molecular formula is C27H24N4O5S. The van der Waals surface area contributed by atoms with Crippen molar-refractivity contribution in [3.63, 3.8) is 0 Å². The van der Waals surface area contributed by atoms with Gasteiger partial charge < -0.3 is 14.3 Å². The number of carbonyl (C=O) groups excluding carboxylic acids is 2. The minimum atomic E-state index is -1.22. The highest BCUT2D eigenvalue weighted by atomic mass is 32.1. The summed E-state index contributed by atoms with van der Waals surface area (Å²) in [5.74, 6) is -0.865. The average molecular weight is 517 g/mol. The minimum absolute atomic E-state index is 0.0632. The van der Waals surface area contributed by atoms with Crippen molar-refractivity contribution >= 4 is 34.4 Å². The van der Waals surface area contributed by atoms with Gasteiger partial charge in [0.15, 0.2) is 0 Å². The summed E-state index contributed by atoms with van der Waals surface area (Å²) in [5, 5.41) is 6.87. The van der Waals surface area contributed by atoms with Crippen LogP contribution in [0.4, 0.5) is 9.93 Å². The van der Waals surface area contributed by atoms with Crippen LogP contribution in [0.5, 0.6) is 0 Å². The number of hydrogen-bond donors (Lipinski definition) is 1. The second-order valence-corrected chi connectivity index (χ2v) is 8.32. The first-order chi connectivity index (χ1) is 18.1. The van der Waals surface area contributed by atoms with Crippen molar-refractivity contribution in [2.24, 2.45) is 5.16 Å². The van der Waals surface area contributed by atoms with Gasteiger partial charge in [-0.1, -0.05) is 96.2 Å². The fraction of sp³-hybridized carbons (Fsp3) is 0.148. The van der Waals surface area contributed by atoms with Crippen LogP contribution in [-0.4, -0.2) is 40.8 Å². The van der Waals surface area contributed by atoms with E-state index in [-0.39, 0.29) is 23.3 Å². The van der Waals surface area contributed by atoms with Crippen molar-refractivity contribution in [3.05, 3.63) is 114 Å². The third kappa shape index (κ3) is 5.65. The summed E-state index contributed by atoms with van der Waals surface area (Å²) in [6.07, 6.45) is -0.686. The zero-order chi connectivity index (χ0) is 26.1. The zero-order valence-electron chi connectivity index (χ0n) is 20.2. The first kappa shape index (κ1) is 25.5. The van der Waals surface area contributed by atoms with E-state index >= 15 is 0 Å². The molecule has 0 saturated heterocycles. The molecule has 37 heavy (non-hydrogen) atoms. The van der Waals surface area contributed by atoms with E-state index in [0.29, 0.717) is 0 Å². The summed E-state index contributed by atoms with van der Waals surface area (Å²) in [5.41, 5.74) is 0.886. The highest BCUT2D eigenvalue weighted by Crippen LogP contribution is 2.40. The van der Waals surface area contributed by atoms with Crippen LogP contribution in [0.25, 0.3) is 0 Å². The van der Waals surface area contributed by atoms with Gasteiger partial charge in [-0.2, -0.15) is 9.36 Å². The van der Waals surface area contributed by atoms with Crippen LogP contribution in [0.15, 0.2) is 96.2 Å². The first-order valence-corrected chi connectivity index (χ1v) is 12.1. The maximum Gasteiger partial charge on any atom is 0.413 e. The van der Waals surface area contributed by atoms with Gasteiger partial charge in [-0.3, -0.25) is 5.32 Å². The van der Waals surface area contributed by atoms with Gasteiger partial charge >= 0.3 is 12.1 Å². The van der Waals surface area contributed by atoms with Crippen LogP contribution in [0, 0.1) is 0 Å². The predicted molar refractivity (Wildman–Crippen MR) is 139 cm³/mol. The maximum atomic E-state index is 12.8. The summed E-state index contributed by atoms with van der Waals surface area (Å²) in [7, 11) is 1.22. The molecule has 0 spiro atoms. The van der Waals surface area contributed by atoms with Crippen molar-refractivity contribution in [3.8, 4) is 0 Å². The molecule has 1 heterocycles. The van der Waals surface area contributed by atoms with Crippen molar-refractivity contribution in [1.29, 1.82) is 0 Å². The summed E-state index contributed by atoms with van der Waals surface area (Å²) < 4.78 is 14.0. The van der Waals surface area contributed by atoms with Gasteiger partial charge in [0, 0.05) is 28.2 Å². The van der Waals surface area contributed by atoms with Crippen LogP contribution in [0.2, 0.25) is 0 Å². The Bertz CT molecular complexity index is 1260. The quantitative estimate of drug-likeness (QED) is 0.144. The van der Waals surface area contributed by atoms with Crippen molar-refractivity contribution in [2.45, 2.75) is 12.5 Å². The van der Waals surface area contributed by atoms with Gasteiger partial charge in [-0.05, 0) is 6.92 Å². The molecule has 1 amide bonds. The van der Waals surface area contributed by atoms with Crippen LogP contribution >= 0.6 is 11.5 Å². The SMILES string of the molecule is CCOC(=O)Nc1nc(C(=NOC(c2ccccc2)(c2ccccc2)c2ccccc2)C(=O)OC)ns1. The largest absolute Gasteiger partial charge is 0.464 e. The van der Waals surface area contributed by atoms with E-state index < -0.39 is 17.7 Å². The van der Waals surface area contributed by atoms with Crippen LogP contribution < -0.4 is 5.32 Å². The fourth-order valence-corrected chi connectivity index (χ4v) is 4.24. The van der Waals surface area contributed by atoms with Gasteiger partial charge in [0.05, 0.1) is 13.7 Å². The number of rotatable bonds is 9. The van der Waals surface area contributed by atoms with Gasteiger partial charge in [-0.15, -0.1) is 0 Å². The van der Waals surface area contributed by atoms with Crippen LogP contribution in [0.1, 0.15) is 29.4 Å². The molecule has 3 aromatic carbocycles. The van der Waals surface area contributed by atoms with Crippen LogP contribution in [0.3, 0.4) is 0 Å². The van der Waals surface area contributed by atoms with Gasteiger partial charge in [0.25, 0.3) is 0 Å². The Morgan fingerprint density at radius 2 is 1.41 bits per heavy atom. The number of ether oxygens (including phenoxy) is 2. The topological polar surface area (TPSA) is 112 Å². The van der Waals surface area contributed by atoms with E-state index in [2.05, 4.69) is 19.8 Å². The average Bonchev–Trinajstić information content (AvgIpc) is 3.40. The van der Waals surface area contributed by atoms with Gasteiger partial charge in [0.1, 0.15) is 0 Å². The lowest BCUT2D eigenvalue weighted by molar-refractivity contribution is -0.133. The number of benzene rings is 3. The normalized spacial score (nSPS) is 11.5. The fourth-order valence-electron chi connectivity index (χ4n) is 3.68. The standard InChI is InChI=1S/C27H24N4O5S/c1-3-35-26(33)29-25-28-23(31-37-25)22(24(32)34-2)30-36-27(19-13-7-4-8-14-19,20-15-9-5-10-16-20)21-17-11-6-12-18-21/h4-18H,3H2,1-2H3,(H,28,29,31,33). The smallest absolute Gasteiger partial charge is 0.413 e. The number of anilines is 1. The molecule has 4 rings (SSSR count). The molecule has 0 aliphatic heterocycles. The summed E-state index contributed by atoms with van der Waals surface area (Å²) in [6.45, 7) is 1.88. The number of oxime groups is 1. The lowest BCUT2D eigenvalue weighted by atomic mass is 9.80. The molecule has 0 radical (unpaired) electrons. The zero-order valence-corrected chi connectivity index (χ0v) is 21.0. The monoisotopic (exact) mass is 516 g/mol. The first-order valence-electron chi connectivity index (χ1n) is 11.4. The molecule has 10 heteroatoms. The number of nitrogens with one attached hydrogen (secondary N) is 1. The molecule has 4 aromatic rings. The maximum absolute atomic E-state index is 12.8. The molecule has 188 valence electrons. The second-order valence-electron chi connectivity index (χ2n) is 7.57. The van der Waals surface area contributed by atoms with E-state index in [1.165, 1.54) is 7.11 Å². The molecule has 0 aliphatic rings. The lowest BCUT2D eigenvalue weighted by Gasteiger charge is -2.33. The Morgan fingerprint density at radius 1 is 0.892 bits per heavy atom. The summed E-state index contributed by atoms with van der Waals surface area (Å²) in [4.78, 5) is 35.1. The molecule has 0 atom stereocenters. The Hall–Kier alpha value is -4.57. The minimum Gasteiger partial charge on any atom is -0.464 e. The predicted octanol–water partition coefficient (Wildman–Crippen LogP) is 4.99. The molecule has 0 bridgehead atoms. The van der Waals surface area contributed by atoms with Crippen molar-refractivity contribution < 1.29 is 23.9 Å². The number of hydrogen-bond acceptors (Lipinski definition) is 9. The molecule has 0 fully saturated rings. The molecule has 0 aliphatic carbocycles. The Kier molecular flexibility index (Phi) is 8.22. The number of methoxy groups -OCH3 is 1. The number of aromatic nitrogens is 2. The summed E-state index contributed by atoms with van der Waals surface area (Å²) >= 11 is 0.865. The van der Waals surface area contributed by atoms with Crippen molar-refractivity contribution in [2.75, 3.05) is 19.0 Å². The number of nitrogens with zero attached hydrogens (tertiary/aromatic N) is 3. The molecule has 1 N–H and O–H groups in total. The summed E-state index contributed by atoms with van der Waals surface area (Å²) in [6, 6.07) is 28.7. The highest BCUT2D eigenvalue weighted by Gasteiger charge is 2.40. The van der Waals surface area contributed by atoms with E-state index in [1.54, 1.807) is 6.92 Å². The van der Waals surface area contributed by atoms with Crippen molar-refractivity contribution in [1.82, 2.24) is 9.36 Å². The van der Waals surface area contributed by atoms with Crippen LogP contribution in [-0.2, 0) is 24.7 Å². The van der Waals surface area contributed by atoms with Gasteiger partial charge in [-0.25, -0.2) is 9.59 Å².